The lowest BCUT2D eigenvalue weighted by molar-refractivity contribution is -0.885. The fourth-order valence-electron chi connectivity index (χ4n) is 2.24. The maximum atomic E-state index is 12.1. The van der Waals surface area contributed by atoms with Crippen LogP contribution in [-0.4, -0.2) is 24.4 Å². The van der Waals surface area contributed by atoms with Crippen LogP contribution in [0.4, 0.5) is 11.4 Å². The first-order valence-corrected chi connectivity index (χ1v) is 8.32. The first-order valence-electron chi connectivity index (χ1n) is 7.14. The molecule has 0 saturated carbocycles. The van der Waals surface area contributed by atoms with E-state index in [1.165, 1.54) is 18.2 Å². The van der Waals surface area contributed by atoms with Crippen molar-refractivity contribution in [1.29, 1.82) is 0 Å². The molecule has 0 radical (unpaired) electrons. The molecule has 0 aliphatic carbocycles. The molecule has 0 saturated heterocycles. The molecule has 1 amide bonds. The zero-order chi connectivity index (χ0) is 17.7. The van der Waals surface area contributed by atoms with E-state index in [1.807, 2.05) is 31.3 Å². The van der Waals surface area contributed by atoms with E-state index >= 15 is 0 Å². The zero-order valence-electron chi connectivity index (χ0n) is 12.9. The molecule has 0 bridgehead atoms. The molecule has 2 aromatic carbocycles. The van der Waals surface area contributed by atoms with Crippen LogP contribution in [0, 0.1) is 10.1 Å². The minimum Gasteiger partial charge on any atom is -0.326 e. The third-order valence-electron chi connectivity index (χ3n) is 3.31. The van der Waals surface area contributed by atoms with Crippen LogP contribution in [0.2, 0.25) is 5.02 Å². The molecule has 8 heteroatoms. The summed E-state index contributed by atoms with van der Waals surface area (Å²) in [5.41, 5.74) is 1.02. The van der Waals surface area contributed by atoms with Gasteiger partial charge in [-0.2, -0.15) is 0 Å². The predicted molar refractivity (Wildman–Crippen MR) is 96.3 cm³/mol. The summed E-state index contributed by atoms with van der Waals surface area (Å²) in [4.78, 5) is 23.6. The molecule has 6 nitrogen and oxygen atoms in total. The van der Waals surface area contributed by atoms with Gasteiger partial charge in [-0.1, -0.05) is 39.7 Å². The van der Waals surface area contributed by atoms with Crippen molar-refractivity contribution in [3.8, 4) is 0 Å². The van der Waals surface area contributed by atoms with E-state index in [1.54, 1.807) is 0 Å². The SMILES string of the molecule is C[NH+](CC(=O)Nc1ccc(Cl)cc1[N+](=O)[O-])Cc1ccc(Br)cc1. The number of hydrogen-bond acceptors (Lipinski definition) is 3. The summed E-state index contributed by atoms with van der Waals surface area (Å²) in [5, 5.41) is 13.9. The number of benzene rings is 2. The lowest BCUT2D eigenvalue weighted by Crippen LogP contribution is -3.08. The zero-order valence-corrected chi connectivity index (χ0v) is 15.2. The number of carbonyl (C=O) groups is 1. The fraction of sp³-hybridized carbons (Fsp3) is 0.188. The highest BCUT2D eigenvalue weighted by atomic mass is 79.9. The maximum Gasteiger partial charge on any atom is 0.294 e. The van der Waals surface area contributed by atoms with E-state index in [4.69, 9.17) is 11.6 Å². The summed E-state index contributed by atoms with van der Waals surface area (Å²) >= 11 is 9.14. The Morgan fingerprint density at radius 1 is 1.29 bits per heavy atom. The Balaban J connectivity index is 1.98. The van der Waals surface area contributed by atoms with Gasteiger partial charge in [0.05, 0.1) is 12.0 Å². The molecule has 0 aromatic heterocycles. The lowest BCUT2D eigenvalue weighted by atomic mass is 10.2. The number of hydrogen-bond donors (Lipinski definition) is 2. The largest absolute Gasteiger partial charge is 0.326 e. The van der Waals surface area contributed by atoms with Gasteiger partial charge in [0.1, 0.15) is 12.2 Å². The van der Waals surface area contributed by atoms with Gasteiger partial charge in [-0.3, -0.25) is 14.9 Å². The summed E-state index contributed by atoms with van der Waals surface area (Å²) in [6.07, 6.45) is 0. The second-order valence-electron chi connectivity index (χ2n) is 5.40. The van der Waals surface area contributed by atoms with Crippen molar-refractivity contribution in [2.75, 3.05) is 18.9 Å². The van der Waals surface area contributed by atoms with Crippen molar-refractivity contribution in [3.63, 3.8) is 0 Å². The number of anilines is 1. The number of nitro groups is 1. The molecule has 24 heavy (non-hydrogen) atoms. The molecule has 0 heterocycles. The Labute approximate surface area is 152 Å². The number of rotatable bonds is 6. The number of nitrogens with one attached hydrogen (secondary N) is 2. The standard InChI is InChI=1S/C16H15BrClN3O3/c1-20(9-11-2-4-12(17)5-3-11)10-16(22)19-14-7-6-13(18)8-15(14)21(23)24/h2-8H,9-10H2,1H3,(H,19,22)/p+1. The molecule has 0 aliphatic rings. The molecule has 0 spiro atoms. The third kappa shape index (κ3) is 5.30. The summed E-state index contributed by atoms with van der Waals surface area (Å²) in [5.74, 6) is -0.296. The van der Waals surface area contributed by atoms with Gasteiger partial charge < -0.3 is 10.2 Å². The molecule has 2 N–H and O–H groups in total. The Kier molecular flexibility index (Phi) is 6.30. The van der Waals surface area contributed by atoms with Gasteiger partial charge in [0.25, 0.3) is 11.6 Å². The first-order chi connectivity index (χ1) is 11.3. The minimum atomic E-state index is -0.570. The minimum absolute atomic E-state index is 0.144. The van der Waals surface area contributed by atoms with E-state index in [9.17, 15) is 14.9 Å². The van der Waals surface area contributed by atoms with Crippen LogP contribution in [0.1, 0.15) is 5.56 Å². The van der Waals surface area contributed by atoms with Gasteiger partial charge in [0.15, 0.2) is 6.54 Å². The molecule has 2 aromatic rings. The van der Waals surface area contributed by atoms with Gasteiger partial charge in [0.2, 0.25) is 0 Å². The number of carbonyl (C=O) groups excluding carboxylic acids is 1. The number of nitrogens with zero attached hydrogens (tertiary/aromatic N) is 1. The van der Waals surface area contributed by atoms with Crippen LogP contribution < -0.4 is 10.2 Å². The van der Waals surface area contributed by atoms with Gasteiger partial charge in [-0.15, -0.1) is 0 Å². The van der Waals surface area contributed by atoms with Crippen molar-refractivity contribution in [3.05, 3.63) is 67.6 Å². The van der Waals surface area contributed by atoms with Gasteiger partial charge >= 0.3 is 0 Å². The quantitative estimate of drug-likeness (QED) is 0.565. The van der Waals surface area contributed by atoms with E-state index in [2.05, 4.69) is 21.2 Å². The van der Waals surface area contributed by atoms with Crippen LogP contribution in [0.25, 0.3) is 0 Å². The topological polar surface area (TPSA) is 76.7 Å². The highest BCUT2D eigenvalue weighted by molar-refractivity contribution is 9.10. The predicted octanol–water partition coefficient (Wildman–Crippen LogP) is 2.66. The van der Waals surface area contributed by atoms with E-state index < -0.39 is 4.92 Å². The molecule has 1 unspecified atom stereocenters. The van der Waals surface area contributed by atoms with Crippen LogP contribution in [0.5, 0.6) is 0 Å². The van der Waals surface area contributed by atoms with Crippen molar-refractivity contribution < 1.29 is 14.6 Å². The molecular formula is C16H16BrClN3O3+. The molecule has 2 rings (SSSR count). The lowest BCUT2D eigenvalue weighted by Gasteiger charge is -2.14. The number of nitro benzene ring substituents is 1. The van der Waals surface area contributed by atoms with Crippen LogP contribution in [0.3, 0.4) is 0 Å². The molecule has 1 atom stereocenters. The van der Waals surface area contributed by atoms with E-state index in [-0.39, 0.29) is 28.8 Å². The Morgan fingerprint density at radius 3 is 2.58 bits per heavy atom. The highest BCUT2D eigenvalue weighted by Gasteiger charge is 2.18. The smallest absolute Gasteiger partial charge is 0.294 e. The third-order valence-corrected chi connectivity index (χ3v) is 4.08. The summed E-state index contributed by atoms with van der Waals surface area (Å²) in [7, 11) is 1.89. The van der Waals surface area contributed by atoms with Crippen molar-refractivity contribution in [2.24, 2.45) is 0 Å². The van der Waals surface area contributed by atoms with Crippen LogP contribution in [-0.2, 0) is 11.3 Å². The van der Waals surface area contributed by atoms with Crippen molar-refractivity contribution >= 4 is 44.8 Å². The second kappa shape index (κ2) is 8.23. The first kappa shape index (κ1) is 18.4. The molecular weight excluding hydrogens is 398 g/mol. The molecule has 0 fully saturated rings. The van der Waals surface area contributed by atoms with Crippen LogP contribution >= 0.6 is 27.5 Å². The summed E-state index contributed by atoms with van der Waals surface area (Å²) < 4.78 is 0.997. The Hall–Kier alpha value is -1.96. The fourth-order valence-corrected chi connectivity index (χ4v) is 2.67. The molecule has 0 aliphatic heterocycles. The van der Waals surface area contributed by atoms with E-state index in [0.29, 0.717) is 6.54 Å². The normalized spacial score (nSPS) is 11.8. The Bertz CT molecular complexity index is 753. The maximum absolute atomic E-state index is 12.1. The number of halogens is 2. The van der Waals surface area contributed by atoms with Crippen LogP contribution in [0.15, 0.2) is 46.9 Å². The van der Waals surface area contributed by atoms with E-state index in [0.717, 1.165) is 14.9 Å². The second-order valence-corrected chi connectivity index (χ2v) is 6.76. The van der Waals surface area contributed by atoms with Crippen molar-refractivity contribution in [2.45, 2.75) is 6.54 Å². The van der Waals surface area contributed by atoms with Gasteiger partial charge in [-0.25, -0.2) is 0 Å². The summed E-state index contributed by atoms with van der Waals surface area (Å²) in [6, 6.07) is 12.0. The highest BCUT2D eigenvalue weighted by Crippen LogP contribution is 2.27. The van der Waals surface area contributed by atoms with Gasteiger partial charge in [0, 0.05) is 21.1 Å². The van der Waals surface area contributed by atoms with Crippen molar-refractivity contribution in [1.82, 2.24) is 0 Å². The van der Waals surface area contributed by atoms with Gasteiger partial charge in [-0.05, 0) is 24.3 Å². The number of likely N-dealkylation sites (N-methyl/N-ethyl adjacent to an activating group) is 1. The summed E-state index contributed by atoms with van der Waals surface area (Å²) in [6.45, 7) is 0.860. The number of amides is 1. The number of quaternary nitrogens is 1. The molecule has 126 valence electrons. The monoisotopic (exact) mass is 412 g/mol. The average molecular weight is 414 g/mol. The average Bonchev–Trinajstić information content (AvgIpc) is 2.51. The Morgan fingerprint density at radius 2 is 1.96 bits per heavy atom.